The Bertz CT molecular complexity index is 285. The second-order valence-corrected chi connectivity index (χ2v) is 5.39. The molecular weight excluding hydrogens is 220 g/mol. The van der Waals surface area contributed by atoms with Gasteiger partial charge in [-0.2, -0.15) is 0 Å². The number of hydrogen-bond acceptors (Lipinski definition) is 2. The van der Waals surface area contributed by atoms with Crippen LogP contribution in [0.3, 0.4) is 0 Å². The van der Waals surface area contributed by atoms with Gasteiger partial charge in [0.1, 0.15) is 6.54 Å². The van der Waals surface area contributed by atoms with Gasteiger partial charge in [0.25, 0.3) is 0 Å². The zero-order valence-corrected chi connectivity index (χ0v) is 10.8. The van der Waals surface area contributed by atoms with Crippen LogP contribution in [0.2, 0.25) is 0 Å². The van der Waals surface area contributed by atoms with Gasteiger partial charge in [-0.15, -0.1) is 0 Å². The summed E-state index contributed by atoms with van der Waals surface area (Å²) in [6.45, 7) is 6.32. The van der Waals surface area contributed by atoms with Crippen molar-refractivity contribution in [1.82, 2.24) is 10.2 Å². The molecule has 0 aromatic carbocycles. The second kappa shape index (κ2) is 5.89. The van der Waals surface area contributed by atoms with Crippen LogP contribution in [0.1, 0.15) is 33.6 Å². The summed E-state index contributed by atoms with van der Waals surface area (Å²) in [7, 11) is 0. The number of carboxylic acids is 1. The molecule has 1 saturated carbocycles. The summed E-state index contributed by atoms with van der Waals surface area (Å²) >= 11 is 0. The molecule has 0 aliphatic heterocycles. The minimum atomic E-state index is -0.970. The first-order valence-electron chi connectivity index (χ1n) is 6.15. The first-order chi connectivity index (χ1) is 7.88. The van der Waals surface area contributed by atoms with Crippen molar-refractivity contribution in [3.63, 3.8) is 0 Å². The Labute approximate surface area is 102 Å². The van der Waals surface area contributed by atoms with Gasteiger partial charge in [0.2, 0.25) is 0 Å². The fourth-order valence-corrected chi connectivity index (χ4v) is 2.11. The van der Waals surface area contributed by atoms with Crippen molar-refractivity contribution >= 4 is 12.0 Å². The number of nitrogens with zero attached hydrogens (tertiary/aromatic N) is 1. The fraction of sp³-hybridized carbons (Fsp3) is 0.833. The summed E-state index contributed by atoms with van der Waals surface area (Å²) in [6.07, 6.45) is 1.99. The van der Waals surface area contributed by atoms with Gasteiger partial charge in [0.15, 0.2) is 0 Å². The number of carbonyl (C=O) groups is 2. The van der Waals surface area contributed by atoms with Crippen LogP contribution in [0, 0.1) is 11.8 Å². The van der Waals surface area contributed by atoms with E-state index in [2.05, 4.69) is 12.2 Å². The molecule has 0 unspecified atom stereocenters. The zero-order valence-electron chi connectivity index (χ0n) is 10.8. The van der Waals surface area contributed by atoms with Crippen LogP contribution in [0.5, 0.6) is 0 Å². The molecule has 0 atom stereocenters. The van der Waals surface area contributed by atoms with E-state index in [1.54, 1.807) is 0 Å². The lowest BCUT2D eigenvalue weighted by molar-refractivity contribution is -0.137. The van der Waals surface area contributed by atoms with Gasteiger partial charge in [0.05, 0.1) is 0 Å². The van der Waals surface area contributed by atoms with Crippen molar-refractivity contribution < 1.29 is 14.7 Å². The summed E-state index contributed by atoms with van der Waals surface area (Å²) in [5.41, 5.74) is 0. The van der Waals surface area contributed by atoms with Gasteiger partial charge >= 0.3 is 12.0 Å². The Morgan fingerprint density at radius 1 is 1.41 bits per heavy atom. The van der Waals surface area contributed by atoms with E-state index in [-0.39, 0.29) is 24.5 Å². The molecule has 0 saturated heterocycles. The lowest BCUT2D eigenvalue weighted by atomic mass is 9.82. The highest BCUT2D eigenvalue weighted by Crippen LogP contribution is 2.26. The van der Waals surface area contributed by atoms with Crippen LogP contribution in [-0.2, 0) is 4.79 Å². The molecule has 0 aromatic heterocycles. The molecule has 5 heteroatoms. The standard InChI is InChI=1S/C12H22N2O3/c1-8(2)6-14(7-11(15)16)12(17)13-10-4-9(3)5-10/h8-10H,4-7H2,1-3H3,(H,13,17)(H,15,16). The van der Waals surface area contributed by atoms with Crippen molar-refractivity contribution in [1.29, 1.82) is 0 Å². The third kappa shape index (κ3) is 4.63. The maximum absolute atomic E-state index is 11.9. The monoisotopic (exact) mass is 242 g/mol. The highest BCUT2D eigenvalue weighted by molar-refractivity contribution is 5.80. The smallest absolute Gasteiger partial charge is 0.323 e. The first kappa shape index (κ1) is 13.8. The van der Waals surface area contributed by atoms with Crippen molar-refractivity contribution in [2.45, 2.75) is 39.7 Å². The van der Waals surface area contributed by atoms with E-state index < -0.39 is 5.97 Å². The molecule has 98 valence electrons. The number of amides is 2. The van der Waals surface area contributed by atoms with E-state index in [0.717, 1.165) is 12.8 Å². The Kier molecular flexibility index (Phi) is 4.78. The molecule has 2 amide bonds. The van der Waals surface area contributed by atoms with E-state index in [1.165, 1.54) is 4.90 Å². The number of nitrogens with one attached hydrogen (secondary N) is 1. The molecule has 0 aromatic rings. The van der Waals surface area contributed by atoms with Crippen LogP contribution < -0.4 is 5.32 Å². The fourth-order valence-electron chi connectivity index (χ4n) is 2.11. The average Bonchev–Trinajstić information content (AvgIpc) is 2.12. The topological polar surface area (TPSA) is 69.6 Å². The normalized spacial score (nSPS) is 23.1. The predicted octanol–water partition coefficient (Wildman–Crippen LogP) is 1.54. The SMILES string of the molecule is CC(C)CN(CC(=O)O)C(=O)NC1CC(C)C1. The molecule has 2 N–H and O–H groups in total. The minimum absolute atomic E-state index is 0.223. The second-order valence-electron chi connectivity index (χ2n) is 5.39. The summed E-state index contributed by atoms with van der Waals surface area (Å²) in [5.74, 6) is -0.0403. The molecule has 0 bridgehead atoms. The van der Waals surface area contributed by atoms with Crippen LogP contribution in [-0.4, -0.2) is 41.1 Å². The minimum Gasteiger partial charge on any atom is -0.480 e. The summed E-state index contributed by atoms with van der Waals surface area (Å²) < 4.78 is 0. The van der Waals surface area contributed by atoms with Gasteiger partial charge in [0, 0.05) is 12.6 Å². The number of carbonyl (C=O) groups excluding carboxylic acids is 1. The molecule has 0 spiro atoms. The van der Waals surface area contributed by atoms with Gasteiger partial charge < -0.3 is 15.3 Å². The van der Waals surface area contributed by atoms with Crippen molar-refractivity contribution in [3.05, 3.63) is 0 Å². The molecule has 1 rings (SSSR count). The van der Waals surface area contributed by atoms with E-state index >= 15 is 0 Å². The number of aliphatic carboxylic acids is 1. The third-order valence-corrected chi connectivity index (χ3v) is 2.90. The molecule has 17 heavy (non-hydrogen) atoms. The van der Waals surface area contributed by atoms with Crippen LogP contribution in [0.15, 0.2) is 0 Å². The number of rotatable bonds is 5. The highest BCUT2D eigenvalue weighted by atomic mass is 16.4. The maximum Gasteiger partial charge on any atom is 0.323 e. The Hall–Kier alpha value is -1.26. The highest BCUT2D eigenvalue weighted by Gasteiger charge is 2.28. The molecule has 1 fully saturated rings. The molecule has 1 aliphatic rings. The van der Waals surface area contributed by atoms with Gasteiger partial charge in [-0.1, -0.05) is 20.8 Å². The summed E-state index contributed by atoms with van der Waals surface area (Å²) in [4.78, 5) is 23.9. The van der Waals surface area contributed by atoms with Gasteiger partial charge in [-0.3, -0.25) is 4.79 Å². The van der Waals surface area contributed by atoms with Crippen LogP contribution in [0.4, 0.5) is 4.79 Å². The zero-order chi connectivity index (χ0) is 13.0. The third-order valence-electron chi connectivity index (χ3n) is 2.90. The Morgan fingerprint density at radius 2 is 2.00 bits per heavy atom. The molecule has 0 radical (unpaired) electrons. The lowest BCUT2D eigenvalue weighted by Gasteiger charge is -2.35. The van der Waals surface area contributed by atoms with Crippen molar-refractivity contribution in [2.75, 3.05) is 13.1 Å². The largest absolute Gasteiger partial charge is 0.480 e. The Balaban J connectivity index is 2.44. The van der Waals surface area contributed by atoms with E-state index in [4.69, 9.17) is 5.11 Å². The number of carboxylic acid groups (broad SMARTS) is 1. The molecule has 5 nitrogen and oxygen atoms in total. The van der Waals surface area contributed by atoms with E-state index in [0.29, 0.717) is 12.5 Å². The van der Waals surface area contributed by atoms with Gasteiger partial charge in [-0.25, -0.2) is 4.79 Å². The van der Waals surface area contributed by atoms with Crippen LogP contribution >= 0.6 is 0 Å². The summed E-state index contributed by atoms with van der Waals surface area (Å²) in [5, 5.41) is 11.7. The molecule has 0 heterocycles. The van der Waals surface area contributed by atoms with Crippen molar-refractivity contribution in [3.8, 4) is 0 Å². The number of hydrogen-bond donors (Lipinski definition) is 2. The quantitative estimate of drug-likeness (QED) is 0.768. The van der Waals surface area contributed by atoms with E-state index in [9.17, 15) is 9.59 Å². The average molecular weight is 242 g/mol. The van der Waals surface area contributed by atoms with E-state index in [1.807, 2.05) is 13.8 Å². The summed E-state index contributed by atoms with van der Waals surface area (Å²) in [6, 6.07) is -0.0287. The Morgan fingerprint density at radius 3 is 2.41 bits per heavy atom. The first-order valence-corrected chi connectivity index (χ1v) is 6.15. The molecule has 1 aliphatic carbocycles. The van der Waals surface area contributed by atoms with Gasteiger partial charge in [-0.05, 0) is 24.7 Å². The maximum atomic E-state index is 11.9. The lowest BCUT2D eigenvalue weighted by Crippen LogP contribution is -2.51. The number of urea groups is 1. The molecular formula is C12H22N2O3. The predicted molar refractivity (Wildman–Crippen MR) is 64.8 cm³/mol. The van der Waals surface area contributed by atoms with Crippen LogP contribution in [0.25, 0.3) is 0 Å². The van der Waals surface area contributed by atoms with Crippen molar-refractivity contribution in [2.24, 2.45) is 11.8 Å².